The number of nitrogens with two attached hydrogens (primary N) is 1. The number of aromatic nitrogens is 2. The summed E-state index contributed by atoms with van der Waals surface area (Å²) in [6.07, 6.45) is 9.00. The van der Waals surface area contributed by atoms with Crippen LogP contribution in [0.1, 0.15) is 19.3 Å². The molecule has 0 bridgehead atoms. The molecule has 2 heterocycles. The van der Waals surface area contributed by atoms with Crippen LogP contribution in [0, 0.1) is 11.8 Å². The quantitative estimate of drug-likeness (QED) is 0.765. The molecule has 16 heavy (non-hydrogen) atoms. The highest BCUT2D eigenvalue weighted by Gasteiger charge is 2.37. The van der Waals surface area contributed by atoms with Gasteiger partial charge in [-0.25, -0.2) is 4.98 Å². The predicted octanol–water partition coefficient (Wildman–Crippen LogP) is 1.04. The van der Waals surface area contributed by atoms with E-state index in [1.54, 1.807) is 12.4 Å². The van der Waals surface area contributed by atoms with E-state index in [0.29, 0.717) is 6.04 Å². The van der Waals surface area contributed by atoms with Gasteiger partial charge < -0.3 is 10.6 Å². The first-order valence-electron chi connectivity index (χ1n) is 6.09. The van der Waals surface area contributed by atoms with Crippen LogP contribution in [0.15, 0.2) is 18.6 Å². The standard InChI is InChI=1S/C12H18N4/c13-11-2-1-9-7-16(8-10(9)5-11)12-6-14-3-4-15-12/h3-4,6,9-11H,1-2,5,7-8,13H2/t9-,10+,11?/m1/s1. The largest absolute Gasteiger partial charge is 0.355 e. The Morgan fingerprint density at radius 3 is 2.88 bits per heavy atom. The molecule has 3 rings (SSSR count). The Kier molecular flexibility index (Phi) is 2.52. The van der Waals surface area contributed by atoms with Crippen molar-refractivity contribution in [3.05, 3.63) is 18.6 Å². The van der Waals surface area contributed by atoms with E-state index >= 15 is 0 Å². The minimum Gasteiger partial charge on any atom is -0.355 e. The van der Waals surface area contributed by atoms with E-state index in [9.17, 15) is 0 Å². The van der Waals surface area contributed by atoms with E-state index in [-0.39, 0.29) is 0 Å². The zero-order valence-corrected chi connectivity index (χ0v) is 9.42. The van der Waals surface area contributed by atoms with Gasteiger partial charge in [0.05, 0.1) is 6.20 Å². The summed E-state index contributed by atoms with van der Waals surface area (Å²) in [5.74, 6) is 2.61. The van der Waals surface area contributed by atoms with Gasteiger partial charge in [-0.2, -0.15) is 0 Å². The van der Waals surface area contributed by atoms with Crippen LogP contribution in [0.4, 0.5) is 5.82 Å². The summed E-state index contributed by atoms with van der Waals surface area (Å²) in [6, 6.07) is 0.419. The fourth-order valence-electron chi connectivity index (χ4n) is 3.11. The Bertz CT molecular complexity index is 353. The van der Waals surface area contributed by atoms with Gasteiger partial charge in [0.1, 0.15) is 5.82 Å². The predicted molar refractivity (Wildman–Crippen MR) is 63.1 cm³/mol. The molecular weight excluding hydrogens is 200 g/mol. The van der Waals surface area contributed by atoms with Crippen LogP contribution in [0.5, 0.6) is 0 Å². The maximum absolute atomic E-state index is 6.03. The molecule has 1 saturated heterocycles. The molecule has 1 aliphatic heterocycles. The van der Waals surface area contributed by atoms with Gasteiger partial charge in [0.15, 0.2) is 0 Å². The third-order valence-corrected chi connectivity index (χ3v) is 3.96. The van der Waals surface area contributed by atoms with Crippen LogP contribution < -0.4 is 10.6 Å². The van der Waals surface area contributed by atoms with Crippen LogP contribution in [-0.2, 0) is 0 Å². The summed E-state index contributed by atoms with van der Waals surface area (Å²) < 4.78 is 0. The van der Waals surface area contributed by atoms with Gasteiger partial charge in [0.2, 0.25) is 0 Å². The fraction of sp³-hybridized carbons (Fsp3) is 0.667. The average Bonchev–Trinajstić information content (AvgIpc) is 2.73. The summed E-state index contributed by atoms with van der Waals surface area (Å²) in [4.78, 5) is 10.9. The van der Waals surface area contributed by atoms with Gasteiger partial charge in [0, 0.05) is 31.5 Å². The van der Waals surface area contributed by atoms with Crippen molar-refractivity contribution in [2.45, 2.75) is 25.3 Å². The van der Waals surface area contributed by atoms with E-state index in [2.05, 4.69) is 14.9 Å². The van der Waals surface area contributed by atoms with Crippen LogP contribution in [0.2, 0.25) is 0 Å². The molecule has 1 unspecified atom stereocenters. The summed E-state index contributed by atoms with van der Waals surface area (Å²) >= 11 is 0. The maximum atomic E-state index is 6.03. The Hall–Kier alpha value is -1.16. The van der Waals surface area contributed by atoms with Gasteiger partial charge >= 0.3 is 0 Å². The average molecular weight is 218 g/mol. The molecule has 3 atom stereocenters. The molecule has 4 nitrogen and oxygen atoms in total. The van der Waals surface area contributed by atoms with Crippen molar-refractivity contribution in [1.82, 2.24) is 9.97 Å². The van der Waals surface area contributed by atoms with Crippen molar-refractivity contribution in [3.8, 4) is 0 Å². The summed E-state index contributed by atoms with van der Waals surface area (Å²) in [6.45, 7) is 2.24. The van der Waals surface area contributed by atoms with E-state index < -0.39 is 0 Å². The topological polar surface area (TPSA) is 55.0 Å². The van der Waals surface area contributed by atoms with Crippen molar-refractivity contribution in [2.24, 2.45) is 17.6 Å². The molecule has 2 aliphatic rings. The van der Waals surface area contributed by atoms with E-state index in [1.807, 2.05) is 6.20 Å². The second-order valence-electron chi connectivity index (χ2n) is 5.06. The molecule has 1 aromatic heterocycles. The minimum atomic E-state index is 0.419. The van der Waals surface area contributed by atoms with Crippen molar-refractivity contribution in [1.29, 1.82) is 0 Å². The second kappa shape index (κ2) is 4.01. The number of anilines is 1. The van der Waals surface area contributed by atoms with Gasteiger partial charge in [-0.3, -0.25) is 4.98 Å². The zero-order chi connectivity index (χ0) is 11.0. The molecule has 0 aromatic carbocycles. The number of hydrogen-bond acceptors (Lipinski definition) is 4. The van der Waals surface area contributed by atoms with Crippen LogP contribution in [0.3, 0.4) is 0 Å². The van der Waals surface area contributed by atoms with E-state index in [1.165, 1.54) is 19.3 Å². The molecule has 1 saturated carbocycles. The lowest BCUT2D eigenvalue weighted by Gasteiger charge is -2.27. The normalized spacial score (nSPS) is 33.8. The van der Waals surface area contributed by atoms with Crippen molar-refractivity contribution < 1.29 is 0 Å². The lowest BCUT2D eigenvalue weighted by Crippen LogP contribution is -2.32. The fourth-order valence-corrected chi connectivity index (χ4v) is 3.11. The monoisotopic (exact) mass is 218 g/mol. The highest BCUT2D eigenvalue weighted by Crippen LogP contribution is 2.36. The summed E-state index contributed by atoms with van der Waals surface area (Å²) in [5, 5.41) is 0. The number of fused-ring (bicyclic) bond motifs is 1. The second-order valence-corrected chi connectivity index (χ2v) is 5.06. The zero-order valence-electron chi connectivity index (χ0n) is 9.42. The lowest BCUT2D eigenvalue weighted by atomic mass is 9.79. The van der Waals surface area contributed by atoms with Gasteiger partial charge in [0.25, 0.3) is 0 Å². The molecule has 0 radical (unpaired) electrons. The van der Waals surface area contributed by atoms with E-state index in [4.69, 9.17) is 5.73 Å². The molecule has 0 spiro atoms. The Morgan fingerprint density at radius 1 is 1.19 bits per heavy atom. The molecule has 86 valence electrons. The Balaban J connectivity index is 1.73. The smallest absolute Gasteiger partial charge is 0.147 e. The third kappa shape index (κ3) is 1.78. The number of hydrogen-bond donors (Lipinski definition) is 1. The van der Waals surface area contributed by atoms with Crippen LogP contribution in [-0.4, -0.2) is 29.1 Å². The maximum Gasteiger partial charge on any atom is 0.147 e. The van der Waals surface area contributed by atoms with Crippen molar-refractivity contribution >= 4 is 5.82 Å². The first-order chi connectivity index (χ1) is 7.83. The highest BCUT2D eigenvalue weighted by molar-refractivity contribution is 5.37. The van der Waals surface area contributed by atoms with Gasteiger partial charge in [-0.15, -0.1) is 0 Å². The third-order valence-electron chi connectivity index (χ3n) is 3.96. The minimum absolute atomic E-state index is 0.419. The highest BCUT2D eigenvalue weighted by atomic mass is 15.2. The van der Waals surface area contributed by atoms with Crippen LogP contribution >= 0.6 is 0 Å². The van der Waals surface area contributed by atoms with E-state index in [0.717, 1.165) is 30.7 Å². The number of rotatable bonds is 1. The molecule has 2 N–H and O–H groups in total. The molecule has 1 aromatic rings. The van der Waals surface area contributed by atoms with Crippen LogP contribution in [0.25, 0.3) is 0 Å². The first-order valence-corrected chi connectivity index (χ1v) is 6.09. The molecule has 1 aliphatic carbocycles. The Morgan fingerprint density at radius 2 is 2.06 bits per heavy atom. The number of nitrogens with zero attached hydrogens (tertiary/aromatic N) is 3. The molecular formula is C12H18N4. The van der Waals surface area contributed by atoms with Crippen molar-refractivity contribution in [3.63, 3.8) is 0 Å². The molecule has 4 heteroatoms. The first kappa shape index (κ1) is 10.0. The van der Waals surface area contributed by atoms with Gasteiger partial charge in [-0.05, 0) is 31.1 Å². The van der Waals surface area contributed by atoms with Gasteiger partial charge in [-0.1, -0.05) is 0 Å². The summed E-state index contributed by atoms with van der Waals surface area (Å²) in [7, 11) is 0. The summed E-state index contributed by atoms with van der Waals surface area (Å²) in [5.41, 5.74) is 6.03. The van der Waals surface area contributed by atoms with Crippen molar-refractivity contribution in [2.75, 3.05) is 18.0 Å². The molecule has 0 amide bonds. The SMILES string of the molecule is NC1CC[C@@H]2CN(c3cnccn3)C[C@@H]2C1. The Labute approximate surface area is 95.9 Å². The lowest BCUT2D eigenvalue weighted by molar-refractivity contribution is 0.271. The molecule has 2 fully saturated rings.